The van der Waals surface area contributed by atoms with Crippen LogP contribution in [0.2, 0.25) is 0 Å². The number of hydrogen-bond donors (Lipinski definition) is 4. The van der Waals surface area contributed by atoms with Gasteiger partial charge in [-0.15, -0.1) is 0 Å². The minimum absolute atomic E-state index is 0.487. The number of hydrazine groups is 1. The minimum Gasteiger partial charge on any atom is -0.481 e. The van der Waals surface area contributed by atoms with Gasteiger partial charge < -0.3 is 21.6 Å². The Labute approximate surface area is 124 Å². The molecule has 2 heterocycles. The van der Waals surface area contributed by atoms with E-state index < -0.39 is 0 Å². The Morgan fingerprint density at radius 3 is 2.67 bits per heavy atom. The number of hydrogen-bond acceptors (Lipinski definition) is 7. The van der Waals surface area contributed by atoms with Crippen LogP contribution in [-0.2, 0) is 0 Å². The van der Waals surface area contributed by atoms with Gasteiger partial charge in [0.25, 0.3) is 0 Å². The summed E-state index contributed by atoms with van der Waals surface area (Å²) in [5, 5.41) is 0. The monoisotopic (exact) mass is 290 g/mol. The van der Waals surface area contributed by atoms with E-state index in [4.69, 9.17) is 22.0 Å². The van der Waals surface area contributed by atoms with Gasteiger partial charge in [0.05, 0.1) is 18.3 Å². The highest BCUT2D eigenvalue weighted by atomic mass is 16.5. The van der Waals surface area contributed by atoms with Crippen molar-refractivity contribution in [2.24, 2.45) is 17.3 Å². The average Bonchev–Trinajstić information content (AvgIpc) is 2.54. The molecule has 0 aromatic carbocycles. The smallest absolute Gasteiger partial charge is 0.213 e. The number of ether oxygens (including phenoxy) is 1. The average molecular weight is 290 g/mol. The standard InChI is InChI=1S/C11H13N5O.C3H9N/c1-17-10-3-2-9-11(16-10)7(4-5-14-9)8(12)6-15-13;1-2-3-4/h2-6,15H,12-13H2,1H3;2-4H2,1H3/b8-6-;. The molecule has 0 atom stereocenters. The Hall–Kier alpha value is -2.38. The van der Waals surface area contributed by atoms with Crippen molar-refractivity contribution >= 4 is 16.7 Å². The van der Waals surface area contributed by atoms with Crippen molar-refractivity contribution in [2.45, 2.75) is 13.3 Å². The van der Waals surface area contributed by atoms with Crippen molar-refractivity contribution in [1.29, 1.82) is 0 Å². The van der Waals surface area contributed by atoms with Crippen LogP contribution in [-0.4, -0.2) is 23.6 Å². The predicted molar refractivity (Wildman–Crippen MR) is 84.9 cm³/mol. The number of methoxy groups -OCH3 is 1. The number of fused-ring (bicyclic) bond motifs is 1. The molecule has 0 unspecified atom stereocenters. The van der Waals surface area contributed by atoms with Crippen LogP contribution in [0.15, 0.2) is 30.6 Å². The van der Waals surface area contributed by atoms with E-state index in [9.17, 15) is 0 Å². The largest absolute Gasteiger partial charge is 0.481 e. The molecular weight excluding hydrogens is 268 g/mol. The Balaban J connectivity index is 0.000000491. The molecule has 21 heavy (non-hydrogen) atoms. The predicted octanol–water partition coefficient (Wildman–Crippen LogP) is 0.714. The molecule has 2 aromatic heterocycles. The van der Waals surface area contributed by atoms with Gasteiger partial charge in [-0.2, -0.15) is 0 Å². The van der Waals surface area contributed by atoms with E-state index in [1.807, 2.05) is 6.07 Å². The molecule has 7 N–H and O–H groups in total. The highest BCUT2D eigenvalue weighted by Gasteiger charge is 2.07. The summed E-state index contributed by atoms with van der Waals surface area (Å²) in [6.07, 6.45) is 4.26. The van der Waals surface area contributed by atoms with Crippen molar-refractivity contribution in [3.05, 3.63) is 36.2 Å². The van der Waals surface area contributed by atoms with Crippen molar-refractivity contribution in [1.82, 2.24) is 15.4 Å². The summed E-state index contributed by atoms with van der Waals surface area (Å²) < 4.78 is 5.08. The van der Waals surface area contributed by atoms with E-state index in [2.05, 4.69) is 22.3 Å². The molecule has 0 amide bonds. The van der Waals surface area contributed by atoms with Crippen LogP contribution < -0.4 is 27.5 Å². The first kappa shape index (κ1) is 16.7. The van der Waals surface area contributed by atoms with Gasteiger partial charge in [0.1, 0.15) is 5.52 Å². The summed E-state index contributed by atoms with van der Waals surface area (Å²) in [5.41, 5.74) is 16.0. The summed E-state index contributed by atoms with van der Waals surface area (Å²) >= 11 is 0. The van der Waals surface area contributed by atoms with Crippen LogP contribution >= 0.6 is 0 Å². The second-order valence-electron chi connectivity index (χ2n) is 4.13. The fraction of sp³-hybridized carbons (Fsp3) is 0.286. The minimum atomic E-state index is 0.487. The van der Waals surface area contributed by atoms with Crippen LogP contribution in [0, 0.1) is 0 Å². The lowest BCUT2D eigenvalue weighted by Gasteiger charge is -2.06. The first-order valence-corrected chi connectivity index (χ1v) is 6.59. The number of nitrogens with zero attached hydrogens (tertiary/aromatic N) is 2. The third-order valence-corrected chi connectivity index (χ3v) is 2.61. The van der Waals surface area contributed by atoms with Crippen LogP contribution in [0.3, 0.4) is 0 Å². The number of nitrogens with one attached hydrogen (secondary N) is 1. The van der Waals surface area contributed by atoms with Crippen molar-refractivity contribution in [2.75, 3.05) is 13.7 Å². The van der Waals surface area contributed by atoms with Crippen LogP contribution in [0.5, 0.6) is 5.88 Å². The highest BCUT2D eigenvalue weighted by molar-refractivity contribution is 5.87. The highest BCUT2D eigenvalue weighted by Crippen LogP contribution is 2.21. The van der Waals surface area contributed by atoms with Crippen molar-refractivity contribution in [3.8, 4) is 5.88 Å². The molecule has 0 saturated heterocycles. The van der Waals surface area contributed by atoms with E-state index in [0.29, 0.717) is 17.1 Å². The van der Waals surface area contributed by atoms with E-state index in [1.165, 1.54) is 6.20 Å². The van der Waals surface area contributed by atoms with E-state index in [0.717, 1.165) is 24.0 Å². The molecule has 0 aliphatic carbocycles. The summed E-state index contributed by atoms with van der Waals surface area (Å²) in [4.78, 5) is 8.53. The first-order valence-electron chi connectivity index (χ1n) is 6.59. The van der Waals surface area contributed by atoms with Gasteiger partial charge in [-0.05, 0) is 25.1 Å². The Morgan fingerprint density at radius 1 is 1.38 bits per heavy atom. The summed E-state index contributed by atoms with van der Waals surface area (Å²) in [7, 11) is 1.56. The molecule has 7 nitrogen and oxygen atoms in total. The van der Waals surface area contributed by atoms with E-state index >= 15 is 0 Å². The molecule has 0 spiro atoms. The first-order chi connectivity index (χ1) is 10.2. The van der Waals surface area contributed by atoms with Gasteiger partial charge in [-0.3, -0.25) is 10.8 Å². The maximum absolute atomic E-state index is 5.87. The second-order valence-corrected chi connectivity index (χ2v) is 4.13. The zero-order chi connectivity index (χ0) is 15.7. The molecule has 0 saturated carbocycles. The molecule has 0 aliphatic heterocycles. The second kappa shape index (κ2) is 8.72. The molecule has 2 rings (SSSR count). The lowest BCUT2D eigenvalue weighted by molar-refractivity contribution is 0.399. The molecule has 0 bridgehead atoms. The Kier molecular flexibility index (Phi) is 6.93. The fourth-order valence-electron chi connectivity index (χ4n) is 1.52. The zero-order valence-electron chi connectivity index (χ0n) is 12.3. The van der Waals surface area contributed by atoms with Crippen molar-refractivity contribution in [3.63, 3.8) is 0 Å². The summed E-state index contributed by atoms with van der Waals surface area (Å²) in [6, 6.07) is 5.35. The topological polar surface area (TPSA) is 125 Å². The van der Waals surface area contributed by atoms with E-state index in [1.54, 1.807) is 25.4 Å². The van der Waals surface area contributed by atoms with Gasteiger partial charge in [0.15, 0.2) is 0 Å². The SMILES string of the molecule is CCCN.COc1ccc2nccc(/C(N)=C/NN)c2n1. The van der Waals surface area contributed by atoms with Gasteiger partial charge in [0, 0.05) is 24.0 Å². The lowest BCUT2D eigenvalue weighted by atomic mass is 10.1. The van der Waals surface area contributed by atoms with Crippen LogP contribution in [0.4, 0.5) is 0 Å². The maximum Gasteiger partial charge on any atom is 0.213 e. The molecular formula is C14H22N6O. The quantitative estimate of drug-likeness (QED) is 0.482. The van der Waals surface area contributed by atoms with Crippen molar-refractivity contribution < 1.29 is 4.74 Å². The van der Waals surface area contributed by atoms with Crippen LogP contribution in [0.1, 0.15) is 18.9 Å². The van der Waals surface area contributed by atoms with Crippen LogP contribution in [0.25, 0.3) is 16.7 Å². The summed E-state index contributed by atoms with van der Waals surface area (Å²) in [5.74, 6) is 5.71. The molecule has 0 aliphatic rings. The zero-order valence-corrected chi connectivity index (χ0v) is 12.3. The van der Waals surface area contributed by atoms with Gasteiger partial charge in [-0.1, -0.05) is 6.92 Å². The van der Waals surface area contributed by atoms with Gasteiger partial charge in [-0.25, -0.2) is 4.98 Å². The Morgan fingerprint density at radius 2 is 2.10 bits per heavy atom. The number of aromatic nitrogens is 2. The maximum atomic E-state index is 5.87. The number of pyridine rings is 2. The lowest BCUT2D eigenvalue weighted by Crippen LogP contribution is -2.16. The Bertz CT molecular complexity index is 597. The third kappa shape index (κ3) is 4.59. The summed E-state index contributed by atoms with van der Waals surface area (Å²) in [6.45, 7) is 2.88. The third-order valence-electron chi connectivity index (χ3n) is 2.61. The van der Waals surface area contributed by atoms with Gasteiger partial charge >= 0.3 is 0 Å². The fourth-order valence-corrected chi connectivity index (χ4v) is 1.52. The van der Waals surface area contributed by atoms with Gasteiger partial charge in [0.2, 0.25) is 5.88 Å². The van der Waals surface area contributed by atoms with E-state index in [-0.39, 0.29) is 0 Å². The molecule has 0 fully saturated rings. The number of rotatable bonds is 4. The molecule has 7 heteroatoms. The normalized spacial score (nSPS) is 10.8. The molecule has 2 aromatic rings. The molecule has 114 valence electrons. The molecule has 0 radical (unpaired) electrons. The number of nitrogens with two attached hydrogens (primary N) is 3.